The summed E-state index contributed by atoms with van der Waals surface area (Å²) < 4.78 is 28.4. The van der Waals surface area contributed by atoms with Gasteiger partial charge in [-0.1, -0.05) is 0 Å². The summed E-state index contributed by atoms with van der Waals surface area (Å²) in [6.07, 6.45) is 2.41. The number of benzene rings is 1. The molecule has 1 amide bonds. The van der Waals surface area contributed by atoms with Crippen LogP contribution in [0.2, 0.25) is 0 Å². The smallest absolute Gasteiger partial charge is 0.387 e. The van der Waals surface area contributed by atoms with Crippen LogP contribution in [-0.2, 0) is 4.79 Å². The topological polar surface area (TPSA) is 53.6 Å². The third-order valence-corrected chi connectivity index (χ3v) is 3.65. The zero-order chi connectivity index (χ0) is 16.7. The number of carbonyl (C=O) groups is 1. The molecule has 1 aromatic rings. The van der Waals surface area contributed by atoms with Crippen LogP contribution in [0.3, 0.4) is 0 Å². The number of anilines is 1. The first-order chi connectivity index (χ1) is 11.0. The van der Waals surface area contributed by atoms with Gasteiger partial charge in [0.05, 0.1) is 0 Å². The number of hydrogen-bond donors (Lipinski definition) is 2. The summed E-state index contributed by atoms with van der Waals surface area (Å²) >= 11 is 5.16. The van der Waals surface area contributed by atoms with Crippen molar-refractivity contribution >= 4 is 28.9 Å². The third-order valence-electron chi connectivity index (χ3n) is 3.40. The van der Waals surface area contributed by atoms with E-state index < -0.39 is 6.61 Å². The van der Waals surface area contributed by atoms with Crippen LogP contribution in [0.25, 0.3) is 0 Å². The first-order valence-electron chi connectivity index (χ1n) is 7.42. The van der Waals surface area contributed by atoms with E-state index in [0.717, 1.165) is 25.9 Å². The number of halogens is 2. The second-order valence-electron chi connectivity index (χ2n) is 5.12. The number of nitrogens with zero attached hydrogens (tertiary/aromatic N) is 1. The van der Waals surface area contributed by atoms with Gasteiger partial charge in [-0.15, -0.1) is 0 Å². The van der Waals surface area contributed by atoms with Gasteiger partial charge < -0.3 is 20.3 Å². The molecule has 1 aliphatic rings. The molecule has 0 bridgehead atoms. The monoisotopic (exact) mass is 343 g/mol. The molecule has 1 aromatic carbocycles. The molecule has 8 heteroatoms. The van der Waals surface area contributed by atoms with Gasteiger partial charge in [0.25, 0.3) is 0 Å². The molecule has 2 rings (SSSR count). The molecule has 0 aliphatic carbocycles. The highest BCUT2D eigenvalue weighted by atomic mass is 32.1. The molecule has 23 heavy (non-hydrogen) atoms. The van der Waals surface area contributed by atoms with Crippen LogP contribution in [0.1, 0.15) is 19.3 Å². The molecule has 126 valence electrons. The van der Waals surface area contributed by atoms with Gasteiger partial charge in [-0.2, -0.15) is 8.78 Å². The van der Waals surface area contributed by atoms with E-state index in [1.54, 1.807) is 12.1 Å². The Kier molecular flexibility index (Phi) is 6.52. The van der Waals surface area contributed by atoms with Crippen LogP contribution < -0.4 is 15.4 Å². The Bertz CT molecular complexity index is 540. The Morgan fingerprint density at radius 2 is 2.09 bits per heavy atom. The molecule has 5 nitrogen and oxygen atoms in total. The molecule has 0 spiro atoms. The molecule has 0 unspecified atom stereocenters. The Labute approximate surface area is 139 Å². The van der Waals surface area contributed by atoms with Gasteiger partial charge in [0.2, 0.25) is 5.91 Å². The number of amides is 1. The van der Waals surface area contributed by atoms with Crippen molar-refractivity contribution in [3.63, 3.8) is 0 Å². The number of nitrogens with one attached hydrogen (secondary N) is 2. The number of hydrogen-bond acceptors (Lipinski definition) is 3. The minimum Gasteiger partial charge on any atom is -0.435 e. The molecular formula is C15H19F2N3O2S. The summed E-state index contributed by atoms with van der Waals surface area (Å²) in [4.78, 5) is 13.3. The van der Waals surface area contributed by atoms with Gasteiger partial charge in [0.1, 0.15) is 5.75 Å². The Hall–Kier alpha value is -1.96. The standard InChI is InChI=1S/C15H19F2N3O2S/c16-14(17)22-12-6-4-11(5-7-12)19-15(23)18-8-2-10-20-9-1-3-13(20)21/h4-7,14H,1-3,8-10H2,(H2,18,19,23). The lowest BCUT2D eigenvalue weighted by Gasteiger charge is -2.16. The van der Waals surface area contributed by atoms with E-state index in [1.165, 1.54) is 12.1 Å². The molecule has 0 saturated carbocycles. The van der Waals surface area contributed by atoms with E-state index in [9.17, 15) is 13.6 Å². The predicted octanol–water partition coefficient (Wildman–Crippen LogP) is 2.59. The Morgan fingerprint density at radius 3 is 2.70 bits per heavy atom. The molecule has 1 fully saturated rings. The quantitative estimate of drug-likeness (QED) is 0.589. The van der Waals surface area contributed by atoms with E-state index >= 15 is 0 Å². The van der Waals surface area contributed by atoms with Crippen LogP contribution in [0.5, 0.6) is 5.75 Å². The maximum absolute atomic E-state index is 12.0. The van der Waals surface area contributed by atoms with Gasteiger partial charge in [0.15, 0.2) is 5.11 Å². The largest absolute Gasteiger partial charge is 0.435 e. The third kappa shape index (κ3) is 5.97. The highest BCUT2D eigenvalue weighted by Crippen LogP contribution is 2.17. The van der Waals surface area contributed by atoms with Crippen molar-refractivity contribution in [3.05, 3.63) is 24.3 Å². The normalized spacial score (nSPS) is 14.2. The zero-order valence-corrected chi connectivity index (χ0v) is 13.4. The number of ether oxygens (including phenoxy) is 1. The average Bonchev–Trinajstić information content (AvgIpc) is 2.90. The summed E-state index contributed by atoms with van der Waals surface area (Å²) in [7, 11) is 0. The summed E-state index contributed by atoms with van der Waals surface area (Å²) in [5.74, 6) is 0.316. The molecule has 2 N–H and O–H groups in total. The lowest BCUT2D eigenvalue weighted by atomic mass is 10.3. The number of thiocarbonyl (C=S) groups is 1. The second-order valence-corrected chi connectivity index (χ2v) is 5.53. The van der Waals surface area contributed by atoms with Crippen LogP contribution >= 0.6 is 12.2 Å². The Balaban J connectivity index is 1.65. The molecule has 1 heterocycles. The molecule has 1 aliphatic heterocycles. The zero-order valence-electron chi connectivity index (χ0n) is 12.6. The Morgan fingerprint density at radius 1 is 1.35 bits per heavy atom. The van der Waals surface area contributed by atoms with Crippen molar-refractivity contribution in [2.24, 2.45) is 0 Å². The minimum atomic E-state index is -2.83. The molecule has 0 aromatic heterocycles. The average molecular weight is 343 g/mol. The van der Waals surface area contributed by atoms with E-state index in [1.807, 2.05) is 4.90 Å². The first kappa shape index (κ1) is 17.4. The van der Waals surface area contributed by atoms with Crippen LogP contribution in [0.15, 0.2) is 24.3 Å². The van der Waals surface area contributed by atoms with Gasteiger partial charge in [-0.05, 0) is 49.3 Å². The first-order valence-corrected chi connectivity index (χ1v) is 7.83. The number of alkyl halides is 2. The summed E-state index contributed by atoms with van der Waals surface area (Å²) in [6, 6.07) is 6.09. The number of likely N-dealkylation sites (tertiary alicyclic amines) is 1. The van der Waals surface area contributed by atoms with E-state index in [-0.39, 0.29) is 11.7 Å². The summed E-state index contributed by atoms with van der Waals surface area (Å²) in [5.41, 5.74) is 0.679. The van der Waals surface area contributed by atoms with Crippen molar-refractivity contribution in [3.8, 4) is 5.75 Å². The van der Waals surface area contributed by atoms with Crippen molar-refractivity contribution in [1.29, 1.82) is 0 Å². The van der Waals surface area contributed by atoms with E-state index in [4.69, 9.17) is 12.2 Å². The molecule has 0 radical (unpaired) electrons. The summed E-state index contributed by atoms with van der Waals surface area (Å²) in [5, 5.41) is 6.45. The van der Waals surface area contributed by atoms with Crippen molar-refractivity contribution in [1.82, 2.24) is 10.2 Å². The fourth-order valence-electron chi connectivity index (χ4n) is 2.31. The van der Waals surface area contributed by atoms with Crippen LogP contribution in [0.4, 0.5) is 14.5 Å². The maximum atomic E-state index is 12.0. The van der Waals surface area contributed by atoms with Crippen molar-refractivity contribution in [2.75, 3.05) is 25.0 Å². The highest BCUT2D eigenvalue weighted by molar-refractivity contribution is 7.80. The van der Waals surface area contributed by atoms with Gasteiger partial charge in [-0.3, -0.25) is 4.79 Å². The number of carbonyl (C=O) groups excluding carboxylic acids is 1. The van der Waals surface area contributed by atoms with Crippen LogP contribution in [-0.4, -0.2) is 42.2 Å². The lowest BCUT2D eigenvalue weighted by molar-refractivity contribution is -0.127. The predicted molar refractivity (Wildman–Crippen MR) is 87.7 cm³/mol. The lowest BCUT2D eigenvalue weighted by Crippen LogP contribution is -2.32. The molecule has 1 saturated heterocycles. The van der Waals surface area contributed by atoms with Gasteiger partial charge >= 0.3 is 6.61 Å². The summed E-state index contributed by atoms with van der Waals surface area (Å²) in [6.45, 7) is -0.607. The van der Waals surface area contributed by atoms with E-state index in [0.29, 0.717) is 23.8 Å². The van der Waals surface area contributed by atoms with Crippen molar-refractivity contribution in [2.45, 2.75) is 25.9 Å². The van der Waals surface area contributed by atoms with Crippen LogP contribution in [0, 0.1) is 0 Å². The number of rotatable bonds is 7. The highest BCUT2D eigenvalue weighted by Gasteiger charge is 2.18. The fraction of sp³-hybridized carbons (Fsp3) is 0.467. The van der Waals surface area contributed by atoms with Crippen molar-refractivity contribution < 1.29 is 18.3 Å². The fourth-order valence-corrected chi connectivity index (χ4v) is 2.53. The minimum absolute atomic E-state index is 0.0970. The second kappa shape index (κ2) is 8.61. The van der Waals surface area contributed by atoms with E-state index in [2.05, 4.69) is 15.4 Å². The molecular weight excluding hydrogens is 324 g/mol. The maximum Gasteiger partial charge on any atom is 0.387 e. The van der Waals surface area contributed by atoms with Gasteiger partial charge in [-0.25, -0.2) is 0 Å². The SMILES string of the molecule is O=C1CCCN1CCCNC(=S)Nc1ccc(OC(F)F)cc1. The molecule has 0 atom stereocenters. The van der Waals surface area contributed by atoms with Gasteiger partial charge in [0, 0.05) is 31.7 Å².